The van der Waals surface area contributed by atoms with Gasteiger partial charge in [-0.15, -0.1) is 6.42 Å². The number of nitrogens with two attached hydrogens (primary N) is 1. The highest BCUT2D eigenvalue weighted by atomic mass is 31.3. The highest BCUT2D eigenvalue weighted by molar-refractivity contribution is 7.60. The largest absolute Gasteiger partial charge is 0.481 e. The molecule has 0 aromatic carbocycles. The molecule has 4 rings (SSSR count). The number of rotatable bonds is 6. The van der Waals surface area contributed by atoms with E-state index in [4.69, 9.17) is 26.7 Å². The number of nitrogen functional groups attached to an aromatic ring is 1. The van der Waals surface area contributed by atoms with Gasteiger partial charge in [0.15, 0.2) is 28.8 Å². The van der Waals surface area contributed by atoms with E-state index in [1.54, 1.807) is 13.0 Å². The van der Waals surface area contributed by atoms with Gasteiger partial charge in [0.25, 0.3) is 0 Å². The first kappa shape index (κ1) is 22.0. The van der Waals surface area contributed by atoms with Crippen molar-refractivity contribution in [3.8, 4) is 12.3 Å². The van der Waals surface area contributed by atoms with Gasteiger partial charge in [-0.05, 0) is 0 Å². The summed E-state index contributed by atoms with van der Waals surface area (Å²) in [6.45, 7) is 0. The molecule has 2 fully saturated rings. The molecule has 1 aliphatic carbocycles. The minimum Gasteiger partial charge on any atom is -0.380 e. The van der Waals surface area contributed by atoms with Crippen molar-refractivity contribution in [2.45, 2.75) is 29.7 Å². The second-order valence-electron chi connectivity index (χ2n) is 6.66. The minimum absolute atomic E-state index is 0.0131. The lowest BCUT2D eigenvalue weighted by atomic mass is 9.96. The second-order valence-corrected chi connectivity index (χ2v) is 9.44. The lowest BCUT2D eigenvalue weighted by Gasteiger charge is -2.29. The van der Waals surface area contributed by atoms with Crippen LogP contribution in [0.4, 0.5) is 16.2 Å². The number of imidazole rings is 1. The molecule has 0 spiro atoms. The van der Waals surface area contributed by atoms with Gasteiger partial charge in [0, 0.05) is 7.05 Å². The highest BCUT2D eigenvalue weighted by Gasteiger charge is 2.87. The molecule has 0 radical (unpaired) electrons. The van der Waals surface area contributed by atoms with Crippen LogP contribution < -0.4 is 11.1 Å². The van der Waals surface area contributed by atoms with Crippen LogP contribution in [0.3, 0.4) is 0 Å². The normalized spacial score (nSPS) is 34.2. The molecule has 0 amide bonds. The summed E-state index contributed by atoms with van der Waals surface area (Å²) in [7, 11) is -9.31. The van der Waals surface area contributed by atoms with E-state index < -0.39 is 45.4 Å². The maximum atomic E-state index is 15.9. The zero-order valence-electron chi connectivity index (χ0n) is 15.4. The molecule has 2 aromatic heterocycles. The standard InChI is InChI=1S/C13H15FN6O9P2/c1-3-12(14)10(20-4-17-5-8(16-2)18-11(15)19-9(5)20)27-6-7(13(6,12)21)28-31(25,26)29-30(22,23)24/h1,4,6-7,10,21H,2H3,(H,25,26)(H2,22,23,24)(H3,15,16,18,19)/t6-,7?,10-,12+,13+/m1/s1. The summed E-state index contributed by atoms with van der Waals surface area (Å²) in [6, 6.07) is 0. The lowest BCUT2D eigenvalue weighted by molar-refractivity contribution is -0.0923. The third-order valence-corrected chi connectivity index (χ3v) is 7.00. The number of ether oxygens (including phenoxy) is 1. The van der Waals surface area contributed by atoms with Crippen molar-refractivity contribution in [1.82, 2.24) is 19.5 Å². The number of terminal acetylenes is 1. The molecule has 2 aliphatic rings. The summed E-state index contributed by atoms with van der Waals surface area (Å²) in [5.74, 6) is 1.81. The van der Waals surface area contributed by atoms with E-state index in [1.807, 2.05) is 0 Å². The van der Waals surface area contributed by atoms with Crippen molar-refractivity contribution < 1.29 is 46.9 Å². The van der Waals surface area contributed by atoms with E-state index in [-0.39, 0.29) is 22.9 Å². The number of fused-ring (bicyclic) bond motifs is 2. The van der Waals surface area contributed by atoms with Gasteiger partial charge in [0.2, 0.25) is 11.6 Å². The number of halogens is 1. The van der Waals surface area contributed by atoms with E-state index in [9.17, 15) is 19.1 Å². The van der Waals surface area contributed by atoms with Crippen molar-refractivity contribution >= 4 is 38.6 Å². The Balaban J connectivity index is 1.68. The van der Waals surface area contributed by atoms with Crippen LogP contribution in [-0.2, 0) is 22.7 Å². The van der Waals surface area contributed by atoms with E-state index in [1.165, 1.54) is 0 Å². The Morgan fingerprint density at radius 1 is 1.42 bits per heavy atom. The van der Waals surface area contributed by atoms with Crippen LogP contribution in [0.25, 0.3) is 11.2 Å². The molecule has 6 atom stereocenters. The predicted molar refractivity (Wildman–Crippen MR) is 98.6 cm³/mol. The van der Waals surface area contributed by atoms with Gasteiger partial charge in [0.1, 0.15) is 12.2 Å². The van der Waals surface area contributed by atoms with Gasteiger partial charge in [-0.3, -0.25) is 9.09 Å². The molecule has 1 saturated heterocycles. The minimum atomic E-state index is -5.44. The topological polar surface area (TPSA) is 224 Å². The Kier molecular flexibility index (Phi) is 4.73. The van der Waals surface area contributed by atoms with Crippen molar-refractivity contribution in [2.75, 3.05) is 18.1 Å². The van der Waals surface area contributed by atoms with E-state index in [0.717, 1.165) is 10.9 Å². The molecule has 7 N–H and O–H groups in total. The smallest absolute Gasteiger partial charge is 0.380 e. The van der Waals surface area contributed by atoms with Crippen molar-refractivity contribution in [2.24, 2.45) is 0 Å². The summed E-state index contributed by atoms with van der Waals surface area (Å²) in [5, 5.41) is 13.5. The Labute approximate surface area is 172 Å². The Morgan fingerprint density at radius 3 is 2.68 bits per heavy atom. The quantitative estimate of drug-likeness (QED) is 0.216. The average Bonchev–Trinajstić information content (AvgIpc) is 2.94. The van der Waals surface area contributed by atoms with Gasteiger partial charge in [-0.2, -0.15) is 14.3 Å². The third-order valence-electron chi connectivity index (χ3n) is 4.83. The van der Waals surface area contributed by atoms with Crippen LogP contribution >= 0.6 is 15.6 Å². The summed E-state index contributed by atoms with van der Waals surface area (Å²) in [4.78, 5) is 38.8. The summed E-state index contributed by atoms with van der Waals surface area (Å²) >= 11 is 0. The molecule has 2 unspecified atom stereocenters. The van der Waals surface area contributed by atoms with Crippen LogP contribution in [0.15, 0.2) is 6.33 Å². The Hall–Kier alpha value is -2.18. The number of alkyl halides is 1. The molecule has 0 bridgehead atoms. The molecule has 3 heterocycles. The molecular weight excluding hydrogens is 465 g/mol. The average molecular weight is 480 g/mol. The number of nitrogens with one attached hydrogen (secondary N) is 1. The first-order chi connectivity index (χ1) is 14.3. The van der Waals surface area contributed by atoms with Crippen LogP contribution in [0.2, 0.25) is 0 Å². The molecule has 15 nitrogen and oxygen atoms in total. The number of phosphoric acid groups is 2. The van der Waals surface area contributed by atoms with E-state index in [2.05, 4.69) is 29.1 Å². The molecule has 1 saturated carbocycles. The summed E-state index contributed by atoms with van der Waals surface area (Å²) < 4.78 is 53.1. The summed E-state index contributed by atoms with van der Waals surface area (Å²) in [6.07, 6.45) is 1.27. The second kappa shape index (κ2) is 6.66. The van der Waals surface area contributed by atoms with Gasteiger partial charge in [0.05, 0.1) is 6.33 Å². The number of hydrogen-bond donors (Lipinski definition) is 6. The monoisotopic (exact) mass is 480 g/mol. The number of aromatic nitrogens is 4. The number of phosphoric ester groups is 1. The fourth-order valence-corrected chi connectivity index (χ4v) is 5.28. The zero-order valence-corrected chi connectivity index (χ0v) is 17.1. The van der Waals surface area contributed by atoms with Gasteiger partial charge in [-0.1, -0.05) is 5.92 Å². The van der Waals surface area contributed by atoms with Crippen molar-refractivity contribution in [1.29, 1.82) is 0 Å². The summed E-state index contributed by atoms with van der Waals surface area (Å²) in [5.41, 5.74) is 0.157. The van der Waals surface area contributed by atoms with Gasteiger partial charge >= 0.3 is 15.6 Å². The highest BCUT2D eigenvalue weighted by Crippen LogP contribution is 2.68. The number of aliphatic hydroxyl groups is 1. The number of anilines is 2. The molecular formula is C13H15FN6O9P2. The van der Waals surface area contributed by atoms with E-state index >= 15 is 4.39 Å². The molecule has 168 valence electrons. The fourth-order valence-electron chi connectivity index (χ4n) is 3.49. The third kappa shape index (κ3) is 3.23. The van der Waals surface area contributed by atoms with Gasteiger partial charge in [-0.25, -0.2) is 18.5 Å². The predicted octanol–water partition coefficient (Wildman–Crippen LogP) is -0.971. The van der Waals surface area contributed by atoms with Gasteiger partial charge < -0.3 is 35.6 Å². The zero-order chi connectivity index (χ0) is 23.0. The van der Waals surface area contributed by atoms with Crippen LogP contribution in [0, 0.1) is 12.3 Å². The molecule has 31 heavy (non-hydrogen) atoms. The molecule has 18 heteroatoms. The number of nitrogens with zero attached hydrogens (tertiary/aromatic N) is 4. The lowest BCUT2D eigenvalue weighted by Crippen LogP contribution is -2.46. The first-order valence-electron chi connectivity index (χ1n) is 8.28. The maximum Gasteiger partial charge on any atom is 0.481 e. The SMILES string of the molecule is C#C[C@]1(F)[C@H](n2cnc3c(NC)nc(N)nc32)O[C@@H]2C(OP(=O)(O)OP(=O)(O)O)[C@@]21O. The van der Waals surface area contributed by atoms with Crippen molar-refractivity contribution in [3.63, 3.8) is 0 Å². The number of hydrogen-bond acceptors (Lipinski definition) is 11. The molecule has 1 aliphatic heterocycles. The maximum absolute atomic E-state index is 15.9. The van der Waals surface area contributed by atoms with Crippen LogP contribution in [-0.4, -0.2) is 69.8 Å². The fraction of sp³-hybridized carbons (Fsp3) is 0.462. The Bertz CT molecular complexity index is 1210. The molecule has 2 aromatic rings. The Morgan fingerprint density at radius 2 is 2.10 bits per heavy atom. The first-order valence-corrected chi connectivity index (χ1v) is 11.3. The van der Waals surface area contributed by atoms with Crippen LogP contribution in [0.5, 0.6) is 0 Å². The van der Waals surface area contributed by atoms with E-state index in [0.29, 0.717) is 0 Å². The van der Waals surface area contributed by atoms with Crippen LogP contribution in [0.1, 0.15) is 6.23 Å². The van der Waals surface area contributed by atoms with Crippen molar-refractivity contribution in [3.05, 3.63) is 6.33 Å².